The average molecular weight is 238 g/mol. The van der Waals surface area contributed by atoms with Gasteiger partial charge in [0.25, 0.3) is 0 Å². The Kier molecular flexibility index (Phi) is 8.28. The fourth-order valence-corrected chi connectivity index (χ4v) is 1.31. The lowest BCUT2D eigenvalue weighted by Gasteiger charge is -2.29. The smallest absolute Gasteiger partial charge is 0.243 e. The first-order chi connectivity index (χ1) is 6.52. The summed E-state index contributed by atoms with van der Waals surface area (Å²) < 4.78 is 0. The highest BCUT2D eigenvalue weighted by Gasteiger charge is 2.33. The molecule has 0 aliphatic rings. The summed E-state index contributed by atoms with van der Waals surface area (Å²) in [4.78, 5) is 22.5. The Morgan fingerprint density at radius 1 is 1.27 bits per heavy atom. The molecule has 6 heteroatoms. The van der Waals surface area contributed by atoms with Crippen molar-refractivity contribution in [3.63, 3.8) is 0 Å². The fraction of sp³-hybridized carbons (Fsp3) is 0.778. The molecule has 0 aliphatic carbocycles. The molecule has 0 unspecified atom stereocenters. The summed E-state index contributed by atoms with van der Waals surface area (Å²) in [6, 6.07) is 0. The van der Waals surface area contributed by atoms with Gasteiger partial charge in [0.15, 0.2) is 0 Å². The number of nitrogens with two attached hydrogens (primary N) is 1. The lowest BCUT2D eigenvalue weighted by molar-refractivity contribution is -0.131. The number of nitrogens with one attached hydrogen (secondary N) is 2. The van der Waals surface area contributed by atoms with Crippen molar-refractivity contribution in [2.24, 2.45) is 5.73 Å². The van der Waals surface area contributed by atoms with Crippen molar-refractivity contribution >= 4 is 24.2 Å². The third-order valence-electron chi connectivity index (χ3n) is 2.39. The van der Waals surface area contributed by atoms with Gasteiger partial charge >= 0.3 is 0 Å². The summed E-state index contributed by atoms with van der Waals surface area (Å²) in [6.45, 7) is 3.84. The van der Waals surface area contributed by atoms with Crippen LogP contribution in [0.3, 0.4) is 0 Å². The number of carbonyl (C=O) groups is 2. The zero-order chi connectivity index (χ0) is 11.2. The van der Waals surface area contributed by atoms with Crippen LogP contribution in [0.5, 0.6) is 0 Å². The van der Waals surface area contributed by atoms with Crippen molar-refractivity contribution < 1.29 is 9.59 Å². The third kappa shape index (κ3) is 4.48. The van der Waals surface area contributed by atoms with Crippen molar-refractivity contribution in [1.29, 1.82) is 0 Å². The standard InChI is InChI=1S/C9H19N3O2.ClH/c1-4-9(5-2,8(10)14)12-7(13)6-11-3;/h11H,4-6H2,1-3H3,(H2,10,14)(H,12,13);1H. The number of halogens is 1. The molecular weight excluding hydrogens is 218 g/mol. The molecule has 0 radical (unpaired) electrons. The van der Waals surface area contributed by atoms with E-state index in [-0.39, 0.29) is 24.9 Å². The van der Waals surface area contributed by atoms with Crippen LogP contribution in [0.1, 0.15) is 26.7 Å². The van der Waals surface area contributed by atoms with Gasteiger partial charge in [-0.25, -0.2) is 0 Å². The number of hydrogen-bond acceptors (Lipinski definition) is 3. The summed E-state index contributed by atoms with van der Waals surface area (Å²) in [7, 11) is 1.67. The van der Waals surface area contributed by atoms with Crippen LogP contribution in [-0.4, -0.2) is 30.9 Å². The Bertz CT molecular complexity index is 217. The molecule has 4 N–H and O–H groups in total. The predicted molar refractivity (Wildman–Crippen MR) is 61.8 cm³/mol. The summed E-state index contributed by atoms with van der Waals surface area (Å²) in [5.74, 6) is -0.693. The molecule has 15 heavy (non-hydrogen) atoms. The van der Waals surface area contributed by atoms with E-state index in [9.17, 15) is 9.59 Å². The number of likely N-dealkylation sites (N-methyl/N-ethyl adjacent to an activating group) is 1. The first-order valence-corrected chi connectivity index (χ1v) is 4.78. The zero-order valence-electron chi connectivity index (χ0n) is 9.42. The maximum Gasteiger partial charge on any atom is 0.243 e. The van der Waals surface area contributed by atoms with Crippen LogP contribution in [0.15, 0.2) is 0 Å². The molecule has 0 fully saturated rings. The van der Waals surface area contributed by atoms with Gasteiger partial charge in [-0.3, -0.25) is 9.59 Å². The molecule has 0 spiro atoms. The van der Waals surface area contributed by atoms with E-state index in [4.69, 9.17) is 5.73 Å². The summed E-state index contributed by atoms with van der Waals surface area (Å²) in [5, 5.41) is 5.37. The maximum atomic E-state index is 11.3. The Balaban J connectivity index is 0. The van der Waals surface area contributed by atoms with Crippen LogP contribution in [0.2, 0.25) is 0 Å². The minimum Gasteiger partial charge on any atom is -0.368 e. The average Bonchev–Trinajstić information content (AvgIpc) is 2.14. The number of amides is 2. The van der Waals surface area contributed by atoms with Crippen molar-refractivity contribution in [2.45, 2.75) is 32.2 Å². The minimum atomic E-state index is -0.895. The molecular formula is C9H20ClN3O2. The number of rotatable bonds is 6. The molecule has 2 amide bonds. The number of hydrogen-bond donors (Lipinski definition) is 3. The van der Waals surface area contributed by atoms with Gasteiger partial charge in [-0.15, -0.1) is 12.4 Å². The predicted octanol–water partition coefficient (Wildman–Crippen LogP) is -0.212. The molecule has 0 rings (SSSR count). The molecule has 5 nitrogen and oxygen atoms in total. The van der Waals surface area contributed by atoms with E-state index in [1.165, 1.54) is 0 Å². The molecule has 0 aromatic heterocycles. The highest BCUT2D eigenvalue weighted by atomic mass is 35.5. The first kappa shape index (κ1) is 16.6. The van der Waals surface area contributed by atoms with E-state index in [1.807, 2.05) is 13.8 Å². The Labute approximate surface area is 96.6 Å². The second kappa shape index (κ2) is 7.48. The van der Waals surface area contributed by atoms with Crippen LogP contribution in [0, 0.1) is 0 Å². The molecule has 0 saturated heterocycles. The highest BCUT2D eigenvalue weighted by molar-refractivity contribution is 5.90. The van der Waals surface area contributed by atoms with Gasteiger partial charge in [-0.1, -0.05) is 13.8 Å². The topological polar surface area (TPSA) is 84.2 Å². The van der Waals surface area contributed by atoms with E-state index >= 15 is 0 Å². The van der Waals surface area contributed by atoms with Crippen LogP contribution in [0.4, 0.5) is 0 Å². The van der Waals surface area contributed by atoms with E-state index in [1.54, 1.807) is 7.05 Å². The largest absolute Gasteiger partial charge is 0.368 e. The van der Waals surface area contributed by atoms with Crippen LogP contribution >= 0.6 is 12.4 Å². The van der Waals surface area contributed by atoms with Crippen LogP contribution < -0.4 is 16.4 Å². The van der Waals surface area contributed by atoms with Crippen molar-refractivity contribution in [3.8, 4) is 0 Å². The van der Waals surface area contributed by atoms with E-state index in [0.29, 0.717) is 12.8 Å². The normalized spacial score (nSPS) is 10.3. The second-order valence-electron chi connectivity index (χ2n) is 3.23. The number of primary amides is 1. The molecule has 0 atom stereocenters. The third-order valence-corrected chi connectivity index (χ3v) is 2.39. The van der Waals surface area contributed by atoms with E-state index < -0.39 is 11.4 Å². The molecule has 0 aromatic rings. The highest BCUT2D eigenvalue weighted by Crippen LogP contribution is 2.13. The maximum absolute atomic E-state index is 11.3. The SMILES string of the molecule is CCC(CC)(NC(=O)CNC)C(N)=O.Cl. The summed E-state index contributed by atoms with van der Waals surface area (Å²) in [5.41, 5.74) is 4.37. The van der Waals surface area contributed by atoms with E-state index in [0.717, 1.165) is 0 Å². The van der Waals surface area contributed by atoms with E-state index in [2.05, 4.69) is 10.6 Å². The Hall–Kier alpha value is -0.810. The lowest BCUT2D eigenvalue weighted by Crippen LogP contribution is -2.58. The summed E-state index contributed by atoms with van der Waals surface area (Å²) >= 11 is 0. The van der Waals surface area contributed by atoms with Crippen molar-refractivity contribution in [1.82, 2.24) is 10.6 Å². The molecule has 0 aromatic carbocycles. The van der Waals surface area contributed by atoms with Gasteiger partial charge in [0, 0.05) is 0 Å². The molecule has 90 valence electrons. The second-order valence-corrected chi connectivity index (χ2v) is 3.23. The Morgan fingerprint density at radius 2 is 1.73 bits per heavy atom. The van der Waals surface area contributed by atoms with Gasteiger partial charge in [-0.2, -0.15) is 0 Å². The minimum absolute atomic E-state index is 0. The van der Waals surface area contributed by atoms with Gasteiger partial charge < -0.3 is 16.4 Å². The van der Waals surface area contributed by atoms with Gasteiger partial charge in [-0.05, 0) is 19.9 Å². The molecule has 0 aliphatic heterocycles. The van der Waals surface area contributed by atoms with Gasteiger partial charge in [0.05, 0.1) is 6.54 Å². The van der Waals surface area contributed by atoms with Gasteiger partial charge in [0.2, 0.25) is 11.8 Å². The van der Waals surface area contributed by atoms with Gasteiger partial charge in [0.1, 0.15) is 5.54 Å². The first-order valence-electron chi connectivity index (χ1n) is 4.78. The number of carbonyl (C=O) groups excluding carboxylic acids is 2. The quantitative estimate of drug-likeness (QED) is 0.598. The van der Waals surface area contributed by atoms with Crippen LogP contribution in [0.25, 0.3) is 0 Å². The molecule has 0 heterocycles. The van der Waals surface area contributed by atoms with Crippen molar-refractivity contribution in [3.05, 3.63) is 0 Å². The monoisotopic (exact) mass is 237 g/mol. The van der Waals surface area contributed by atoms with Crippen LogP contribution in [-0.2, 0) is 9.59 Å². The molecule has 0 saturated carbocycles. The van der Waals surface area contributed by atoms with Crippen molar-refractivity contribution in [2.75, 3.05) is 13.6 Å². The lowest BCUT2D eigenvalue weighted by atomic mass is 9.92. The fourth-order valence-electron chi connectivity index (χ4n) is 1.31. The zero-order valence-corrected chi connectivity index (χ0v) is 10.2. The summed E-state index contributed by atoms with van der Waals surface area (Å²) in [6.07, 6.45) is 1.02. The molecule has 0 bridgehead atoms. The Morgan fingerprint density at radius 3 is 2.00 bits per heavy atom.